The van der Waals surface area contributed by atoms with Crippen LogP contribution in [0.25, 0.3) is 10.9 Å². The number of rotatable bonds is 8. The Bertz CT molecular complexity index is 842. The third kappa shape index (κ3) is 4.39. The fourth-order valence-corrected chi connectivity index (χ4v) is 2.81. The van der Waals surface area contributed by atoms with Gasteiger partial charge in [-0.1, -0.05) is 18.2 Å². The third-order valence-electron chi connectivity index (χ3n) is 4.12. The molecule has 0 saturated heterocycles. The highest BCUT2D eigenvalue weighted by Crippen LogP contribution is 2.17. The summed E-state index contributed by atoms with van der Waals surface area (Å²) in [5.74, 6) is 0.837. The van der Waals surface area contributed by atoms with Crippen LogP contribution in [0.1, 0.15) is 22.3 Å². The molecule has 0 unspecified atom stereocenters. The minimum absolute atomic E-state index is 0.0296. The third-order valence-corrected chi connectivity index (χ3v) is 4.12. The fraction of sp³-hybridized carbons (Fsp3) is 0.250. The first-order valence-electron chi connectivity index (χ1n) is 8.46. The Morgan fingerprint density at radius 2 is 2.00 bits per heavy atom. The zero-order valence-electron chi connectivity index (χ0n) is 14.3. The molecule has 2 aromatic carbocycles. The lowest BCUT2D eigenvalue weighted by Crippen LogP contribution is -2.27. The van der Waals surface area contributed by atoms with Crippen molar-refractivity contribution in [2.24, 2.45) is 0 Å². The van der Waals surface area contributed by atoms with Gasteiger partial charge in [-0.15, -0.1) is 0 Å². The van der Waals surface area contributed by atoms with E-state index in [0.717, 1.165) is 36.2 Å². The van der Waals surface area contributed by atoms with Crippen LogP contribution < -0.4 is 15.4 Å². The number of nitrogens with one attached hydrogen (secondary N) is 3. The Kier molecular flexibility index (Phi) is 5.69. The lowest BCUT2D eigenvalue weighted by atomic mass is 10.1. The van der Waals surface area contributed by atoms with Gasteiger partial charge in [-0.2, -0.15) is 0 Å². The van der Waals surface area contributed by atoms with Gasteiger partial charge in [0.25, 0.3) is 5.91 Å². The summed E-state index contributed by atoms with van der Waals surface area (Å²) < 4.78 is 5.22. The highest BCUT2D eigenvalue weighted by atomic mass is 16.5. The first-order valence-corrected chi connectivity index (χ1v) is 8.46. The SMILES string of the molecule is COc1cccc(CNCCCNC(=O)c2cccc3[nH]ccc23)c1. The second kappa shape index (κ2) is 8.35. The van der Waals surface area contributed by atoms with E-state index in [2.05, 4.69) is 21.7 Å². The zero-order chi connectivity index (χ0) is 17.5. The van der Waals surface area contributed by atoms with Gasteiger partial charge in [0.15, 0.2) is 0 Å². The first kappa shape index (κ1) is 17.0. The number of hydrogen-bond acceptors (Lipinski definition) is 3. The monoisotopic (exact) mass is 337 g/mol. The summed E-state index contributed by atoms with van der Waals surface area (Å²) in [5, 5.41) is 7.32. The Labute approximate surface area is 147 Å². The summed E-state index contributed by atoms with van der Waals surface area (Å²) >= 11 is 0. The number of amides is 1. The van der Waals surface area contributed by atoms with Gasteiger partial charge in [-0.05, 0) is 48.9 Å². The van der Waals surface area contributed by atoms with Crippen molar-refractivity contribution < 1.29 is 9.53 Å². The average Bonchev–Trinajstić information content (AvgIpc) is 3.13. The summed E-state index contributed by atoms with van der Waals surface area (Å²) in [6.07, 6.45) is 2.72. The number of H-pyrrole nitrogens is 1. The molecule has 5 nitrogen and oxygen atoms in total. The van der Waals surface area contributed by atoms with Crippen molar-refractivity contribution in [1.82, 2.24) is 15.6 Å². The van der Waals surface area contributed by atoms with E-state index in [1.807, 2.05) is 48.7 Å². The van der Waals surface area contributed by atoms with E-state index < -0.39 is 0 Å². The number of hydrogen-bond donors (Lipinski definition) is 3. The Morgan fingerprint density at radius 3 is 2.88 bits per heavy atom. The van der Waals surface area contributed by atoms with Crippen LogP contribution in [0.15, 0.2) is 54.7 Å². The summed E-state index contributed by atoms with van der Waals surface area (Å²) in [6, 6.07) is 15.6. The number of carbonyl (C=O) groups excluding carboxylic acids is 1. The van der Waals surface area contributed by atoms with Gasteiger partial charge in [0.1, 0.15) is 5.75 Å². The molecule has 0 aliphatic carbocycles. The number of methoxy groups -OCH3 is 1. The van der Waals surface area contributed by atoms with Gasteiger partial charge in [0, 0.05) is 35.8 Å². The molecule has 0 spiro atoms. The summed E-state index contributed by atoms with van der Waals surface area (Å²) in [4.78, 5) is 15.4. The molecule has 3 N–H and O–H groups in total. The topological polar surface area (TPSA) is 66.2 Å². The summed E-state index contributed by atoms with van der Waals surface area (Å²) in [7, 11) is 1.67. The Hall–Kier alpha value is -2.79. The maximum Gasteiger partial charge on any atom is 0.251 e. The molecule has 1 aromatic heterocycles. The quantitative estimate of drug-likeness (QED) is 0.553. The van der Waals surface area contributed by atoms with Crippen LogP contribution in [0.5, 0.6) is 5.75 Å². The van der Waals surface area contributed by atoms with Crippen LogP contribution in [-0.4, -0.2) is 31.1 Å². The summed E-state index contributed by atoms with van der Waals surface area (Å²) in [5.41, 5.74) is 2.87. The number of ether oxygens (including phenoxy) is 1. The van der Waals surface area contributed by atoms with Crippen molar-refractivity contribution in [3.63, 3.8) is 0 Å². The van der Waals surface area contributed by atoms with E-state index >= 15 is 0 Å². The minimum Gasteiger partial charge on any atom is -0.497 e. The summed E-state index contributed by atoms with van der Waals surface area (Å²) in [6.45, 7) is 2.27. The maximum absolute atomic E-state index is 12.3. The number of aromatic nitrogens is 1. The Balaban J connectivity index is 1.40. The van der Waals surface area contributed by atoms with Crippen molar-refractivity contribution in [2.45, 2.75) is 13.0 Å². The molecule has 0 saturated carbocycles. The van der Waals surface area contributed by atoms with Gasteiger partial charge in [-0.25, -0.2) is 0 Å². The predicted octanol–water partition coefficient (Wildman–Crippen LogP) is 3.09. The molecule has 0 atom stereocenters. The number of carbonyl (C=O) groups is 1. The van der Waals surface area contributed by atoms with Crippen LogP contribution in [0, 0.1) is 0 Å². The van der Waals surface area contributed by atoms with Crippen molar-refractivity contribution in [1.29, 1.82) is 0 Å². The lowest BCUT2D eigenvalue weighted by molar-refractivity contribution is 0.0955. The van der Waals surface area contributed by atoms with Crippen LogP contribution in [0.3, 0.4) is 0 Å². The van der Waals surface area contributed by atoms with E-state index in [1.54, 1.807) is 7.11 Å². The predicted molar refractivity (Wildman–Crippen MR) is 99.9 cm³/mol. The molecular formula is C20H23N3O2. The van der Waals surface area contributed by atoms with E-state index in [-0.39, 0.29) is 5.91 Å². The molecule has 5 heteroatoms. The maximum atomic E-state index is 12.3. The molecule has 3 rings (SSSR count). The normalized spacial score (nSPS) is 10.8. The number of benzene rings is 2. The standard InChI is InChI=1S/C20H23N3O2/c1-25-16-6-2-5-15(13-16)14-21-10-4-11-23-20(24)18-7-3-8-19-17(18)9-12-22-19/h2-3,5-9,12-13,21-22H,4,10-11,14H2,1H3,(H,23,24). The molecule has 0 aliphatic rings. The second-order valence-corrected chi connectivity index (χ2v) is 5.88. The minimum atomic E-state index is -0.0296. The molecule has 0 radical (unpaired) electrons. The van der Waals surface area contributed by atoms with E-state index in [0.29, 0.717) is 12.1 Å². The van der Waals surface area contributed by atoms with Crippen molar-refractivity contribution in [2.75, 3.05) is 20.2 Å². The highest BCUT2D eigenvalue weighted by molar-refractivity contribution is 6.06. The molecular weight excluding hydrogens is 314 g/mol. The molecule has 3 aromatic rings. The Morgan fingerprint density at radius 1 is 1.12 bits per heavy atom. The van der Waals surface area contributed by atoms with Crippen LogP contribution >= 0.6 is 0 Å². The van der Waals surface area contributed by atoms with Gasteiger partial charge >= 0.3 is 0 Å². The zero-order valence-corrected chi connectivity index (χ0v) is 14.3. The van der Waals surface area contributed by atoms with E-state index in [9.17, 15) is 4.79 Å². The van der Waals surface area contributed by atoms with E-state index in [4.69, 9.17) is 4.74 Å². The van der Waals surface area contributed by atoms with Crippen molar-refractivity contribution in [3.05, 3.63) is 65.9 Å². The molecule has 1 amide bonds. The fourth-order valence-electron chi connectivity index (χ4n) is 2.81. The van der Waals surface area contributed by atoms with Gasteiger partial charge in [-0.3, -0.25) is 4.79 Å². The molecule has 0 bridgehead atoms. The molecule has 1 heterocycles. The first-order chi connectivity index (χ1) is 12.3. The van der Waals surface area contributed by atoms with Crippen LogP contribution in [0.2, 0.25) is 0 Å². The average molecular weight is 337 g/mol. The largest absolute Gasteiger partial charge is 0.497 e. The highest BCUT2D eigenvalue weighted by Gasteiger charge is 2.09. The molecule has 0 fully saturated rings. The van der Waals surface area contributed by atoms with Gasteiger partial charge < -0.3 is 20.4 Å². The van der Waals surface area contributed by atoms with Crippen molar-refractivity contribution in [3.8, 4) is 5.75 Å². The lowest BCUT2D eigenvalue weighted by Gasteiger charge is -2.08. The van der Waals surface area contributed by atoms with Crippen molar-refractivity contribution >= 4 is 16.8 Å². The number of aromatic amines is 1. The second-order valence-electron chi connectivity index (χ2n) is 5.88. The molecule has 0 aliphatic heterocycles. The van der Waals surface area contributed by atoms with Crippen LogP contribution in [-0.2, 0) is 6.54 Å². The van der Waals surface area contributed by atoms with Gasteiger partial charge in [0.05, 0.1) is 7.11 Å². The molecule has 130 valence electrons. The molecule has 25 heavy (non-hydrogen) atoms. The smallest absolute Gasteiger partial charge is 0.251 e. The van der Waals surface area contributed by atoms with Gasteiger partial charge in [0.2, 0.25) is 0 Å². The number of fused-ring (bicyclic) bond motifs is 1. The van der Waals surface area contributed by atoms with Crippen LogP contribution in [0.4, 0.5) is 0 Å². The van der Waals surface area contributed by atoms with E-state index in [1.165, 1.54) is 5.56 Å².